The molecular weight excluding hydrogens is 333 g/mol. The van der Waals surface area contributed by atoms with Crippen LogP contribution >= 0.6 is 22.6 Å². The van der Waals surface area contributed by atoms with E-state index in [2.05, 4.69) is 78.9 Å². The second-order valence-corrected chi connectivity index (χ2v) is 5.85. The fourth-order valence-corrected chi connectivity index (χ4v) is 2.80. The van der Waals surface area contributed by atoms with Crippen LogP contribution in [-0.2, 0) is 6.42 Å². The molecule has 1 nitrogen and oxygen atoms in total. The van der Waals surface area contributed by atoms with Crippen molar-refractivity contribution in [2.75, 3.05) is 0 Å². The zero-order valence-electron chi connectivity index (χ0n) is 10.8. The summed E-state index contributed by atoms with van der Waals surface area (Å²) >= 11 is 2.39. The van der Waals surface area contributed by atoms with Crippen molar-refractivity contribution in [3.05, 3.63) is 68.3 Å². The second kappa shape index (κ2) is 5.85. The van der Waals surface area contributed by atoms with Crippen molar-refractivity contribution in [2.45, 2.75) is 26.3 Å². The third kappa shape index (κ3) is 3.12. The molecule has 0 saturated heterocycles. The first-order chi connectivity index (χ1) is 8.58. The summed E-state index contributed by atoms with van der Waals surface area (Å²) in [6, 6.07) is 15.0. The molecule has 0 fully saturated rings. The fourth-order valence-electron chi connectivity index (χ4n) is 2.04. The Kier molecular flexibility index (Phi) is 4.40. The fraction of sp³-hybridized carbons (Fsp3) is 0.250. The van der Waals surface area contributed by atoms with Crippen LogP contribution in [0.15, 0.2) is 42.5 Å². The zero-order valence-corrected chi connectivity index (χ0v) is 12.9. The maximum Gasteiger partial charge on any atom is 0.0346 e. The van der Waals surface area contributed by atoms with Crippen LogP contribution in [0.4, 0.5) is 0 Å². The smallest absolute Gasteiger partial charge is 0.0346 e. The van der Waals surface area contributed by atoms with Gasteiger partial charge in [-0.15, -0.1) is 0 Å². The van der Waals surface area contributed by atoms with E-state index in [0.29, 0.717) is 0 Å². The summed E-state index contributed by atoms with van der Waals surface area (Å²) in [6.45, 7) is 4.23. The molecule has 18 heavy (non-hydrogen) atoms. The van der Waals surface area contributed by atoms with E-state index in [1.807, 2.05) is 0 Å². The molecule has 0 spiro atoms. The van der Waals surface area contributed by atoms with Crippen molar-refractivity contribution < 1.29 is 0 Å². The quantitative estimate of drug-likeness (QED) is 0.826. The van der Waals surface area contributed by atoms with E-state index in [0.717, 1.165) is 6.42 Å². The van der Waals surface area contributed by atoms with Gasteiger partial charge in [0.25, 0.3) is 0 Å². The molecule has 2 heteroatoms. The minimum atomic E-state index is 0.0690. The number of benzene rings is 2. The third-order valence-electron chi connectivity index (χ3n) is 3.20. The van der Waals surface area contributed by atoms with E-state index >= 15 is 0 Å². The molecule has 2 rings (SSSR count). The number of hydrogen-bond donors (Lipinski definition) is 1. The number of hydrogen-bond acceptors (Lipinski definition) is 1. The average Bonchev–Trinajstić information content (AvgIpc) is 2.35. The maximum absolute atomic E-state index is 6.33. The van der Waals surface area contributed by atoms with Crippen LogP contribution < -0.4 is 5.73 Å². The van der Waals surface area contributed by atoms with Crippen molar-refractivity contribution in [2.24, 2.45) is 5.73 Å². The first-order valence-corrected chi connectivity index (χ1v) is 7.22. The standard InChI is InChI=1S/C16H18IN/c1-11-6-8-13(9-7-11)10-15(18)14-5-3-4-12(2)16(14)17/h3-9,15H,10,18H2,1-2H3. The molecule has 0 saturated carbocycles. The zero-order chi connectivity index (χ0) is 13.1. The van der Waals surface area contributed by atoms with Crippen molar-refractivity contribution in [3.63, 3.8) is 0 Å². The van der Waals surface area contributed by atoms with E-state index in [-0.39, 0.29) is 6.04 Å². The molecule has 0 aliphatic carbocycles. The molecule has 2 N–H and O–H groups in total. The van der Waals surface area contributed by atoms with Crippen LogP contribution in [0.3, 0.4) is 0 Å². The van der Waals surface area contributed by atoms with Gasteiger partial charge in [0.1, 0.15) is 0 Å². The highest BCUT2D eigenvalue weighted by Crippen LogP contribution is 2.24. The van der Waals surface area contributed by atoms with Crippen LogP contribution in [0.5, 0.6) is 0 Å². The Morgan fingerprint density at radius 3 is 2.39 bits per heavy atom. The summed E-state index contributed by atoms with van der Waals surface area (Å²) in [6.07, 6.45) is 0.889. The van der Waals surface area contributed by atoms with Crippen molar-refractivity contribution in [3.8, 4) is 0 Å². The molecular formula is C16H18IN. The monoisotopic (exact) mass is 351 g/mol. The first-order valence-electron chi connectivity index (χ1n) is 6.14. The lowest BCUT2D eigenvalue weighted by atomic mass is 9.98. The molecule has 94 valence electrons. The lowest BCUT2D eigenvalue weighted by molar-refractivity contribution is 0.717. The van der Waals surface area contributed by atoms with Gasteiger partial charge in [-0.25, -0.2) is 0 Å². The Hall–Kier alpha value is -0.870. The molecule has 0 radical (unpaired) electrons. The number of rotatable bonds is 3. The highest BCUT2D eigenvalue weighted by molar-refractivity contribution is 14.1. The molecule has 0 bridgehead atoms. The summed E-state index contributed by atoms with van der Waals surface area (Å²) in [4.78, 5) is 0. The molecule has 0 amide bonds. The highest BCUT2D eigenvalue weighted by Gasteiger charge is 2.11. The average molecular weight is 351 g/mol. The van der Waals surface area contributed by atoms with Crippen molar-refractivity contribution >= 4 is 22.6 Å². The number of nitrogens with two attached hydrogens (primary N) is 1. The lowest BCUT2D eigenvalue weighted by Crippen LogP contribution is -2.15. The Labute approximate surface area is 123 Å². The van der Waals surface area contributed by atoms with Crippen LogP contribution in [0, 0.1) is 17.4 Å². The molecule has 1 atom stereocenters. The van der Waals surface area contributed by atoms with Gasteiger partial charge >= 0.3 is 0 Å². The van der Waals surface area contributed by atoms with Gasteiger partial charge in [0, 0.05) is 9.61 Å². The largest absolute Gasteiger partial charge is 0.324 e. The van der Waals surface area contributed by atoms with Crippen LogP contribution in [0.2, 0.25) is 0 Å². The lowest BCUT2D eigenvalue weighted by Gasteiger charge is -2.15. The third-order valence-corrected chi connectivity index (χ3v) is 4.67. The van der Waals surface area contributed by atoms with Gasteiger partial charge in [-0.2, -0.15) is 0 Å². The van der Waals surface area contributed by atoms with Gasteiger partial charge in [0.2, 0.25) is 0 Å². The predicted molar refractivity (Wildman–Crippen MR) is 85.7 cm³/mol. The minimum absolute atomic E-state index is 0.0690. The van der Waals surface area contributed by atoms with Gasteiger partial charge < -0.3 is 5.73 Å². The van der Waals surface area contributed by atoms with E-state index in [9.17, 15) is 0 Å². The van der Waals surface area contributed by atoms with E-state index < -0.39 is 0 Å². The molecule has 0 aliphatic heterocycles. The van der Waals surface area contributed by atoms with Gasteiger partial charge in [0.15, 0.2) is 0 Å². The number of aryl methyl sites for hydroxylation is 2. The topological polar surface area (TPSA) is 26.0 Å². The summed E-state index contributed by atoms with van der Waals surface area (Å²) in [5.74, 6) is 0. The Bertz CT molecular complexity index is 531. The summed E-state index contributed by atoms with van der Waals surface area (Å²) < 4.78 is 1.29. The van der Waals surface area contributed by atoms with Crippen LogP contribution in [0.25, 0.3) is 0 Å². The summed E-state index contributed by atoms with van der Waals surface area (Å²) in [5, 5.41) is 0. The van der Waals surface area contributed by atoms with E-state index in [1.54, 1.807) is 0 Å². The van der Waals surface area contributed by atoms with E-state index in [1.165, 1.54) is 25.8 Å². The Morgan fingerprint density at radius 2 is 1.72 bits per heavy atom. The maximum atomic E-state index is 6.33. The SMILES string of the molecule is Cc1ccc(CC(N)c2cccc(C)c2I)cc1. The Morgan fingerprint density at radius 1 is 1.06 bits per heavy atom. The first kappa shape index (κ1) is 13.6. The Balaban J connectivity index is 2.19. The normalized spacial score (nSPS) is 12.4. The molecule has 1 unspecified atom stereocenters. The summed E-state index contributed by atoms with van der Waals surface area (Å²) in [5.41, 5.74) is 11.5. The van der Waals surface area contributed by atoms with Gasteiger partial charge in [-0.05, 0) is 59.5 Å². The second-order valence-electron chi connectivity index (χ2n) is 4.77. The van der Waals surface area contributed by atoms with Gasteiger partial charge in [-0.3, -0.25) is 0 Å². The predicted octanol–water partition coefficient (Wildman–Crippen LogP) is 4.15. The molecule has 0 aromatic heterocycles. The highest BCUT2D eigenvalue weighted by atomic mass is 127. The van der Waals surface area contributed by atoms with Crippen molar-refractivity contribution in [1.82, 2.24) is 0 Å². The van der Waals surface area contributed by atoms with Gasteiger partial charge in [0.05, 0.1) is 0 Å². The molecule has 0 heterocycles. The molecule has 2 aromatic rings. The van der Waals surface area contributed by atoms with Crippen molar-refractivity contribution in [1.29, 1.82) is 0 Å². The number of halogens is 1. The van der Waals surface area contributed by atoms with Gasteiger partial charge in [-0.1, -0.05) is 48.0 Å². The van der Waals surface area contributed by atoms with E-state index in [4.69, 9.17) is 5.73 Å². The molecule has 2 aromatic carbocycles. The van der Waals surface area contributed by atoms with Crippen LogP contribution in [0.1, 0.15) is 28.3 Å². The summed E-state index contributed by atoms with van der Waals surface area (Å²) in [7, 11) is 0. The molecule has 0 aliphatic rings. The minimum Gasteiger partial charge on any atom is -0.324 e. The van der Waals surface area contributed by atoms with Crippen LogP contribution in [-0.4, -0.2) is 0 Å².